The van der Waals surface area contributed by atoms with Gasteiger partial charge in [0.1, 0.15) is 0 Å². The summed E-state index contributed by atoms with van der Waals surface area (Å²) in [4.78, 5) is 31.7. The molecule has 0 spiro atoms. The molecular weight excluding hydrogens is 473 g/mol. The van der Waals surface area contributed by atoms with E-state index in [1.54, 1.807) is 30.5 Å². The first-order valence-corrected chi connectivity index (χ1v) is 11.5. The molecule has 0 aliphatic heterocycles. The summed E-state index contributed by atoms with van der Waals surface area (Å²) in [5.41, 5.74) is 3.35. The van der Waals surface area contributed by atoms with Gasteiger partial charge < -0.3 is 20.9 Å². The number of carbonyl (C=O) groups excluding carboxylic acids is 2. The molecule has 0 aliphatic rings. The lowest BCUT2D eigenvalue weighted by Gasteiger charge is -2.20. The van der Waals surface area contributed by atoms with Gasteiger partial charge in [-0.2, -0.15) is 0 Å². The first-order valence-electron chi connectivity index (χ1n) is 10.7. The van der Waals surface area contributed by atoms with E-state index in [9.17, 15) is 9.59 Å². The van der Waals surface area contributed by atoms with Gasteiger partial charge >= 0.3 is 6.03 Å². The molecule has 0 fully saturated rings. The SMILES string of the molecule is O=C(NCCNC(=O)c1cccnc1)NCC(c1ccc(Cl)cc1Cl)c1c[nH]c2ccccc12. The summed E-state index contributed by atoms with van der Waals surface area (Å²) in [6.07, 6.45) is 5.03. The van der Waals surface area contributed by atoms with Crippen molar-refractivity contribution < 1.29 is 9.59 Å². The highest BCUT2D eigenvalue weighted by Gasteiger charge is 2.21. The van der Waals surface area contributed by atoms with E-state index in [0.29, 0.717) is 22.2 Å². The predicted molar refractivity (Wildman–Crippen MR) is 135 cm³/mol. The van der Waals surface area contributed by atoms with Gasteiger partial charge in [0.25, 0.3) is 5.91 Å². The first kappa shape index (κ1) is 23.6. The number of aromatic amines is 1. The van der Waals surface area contributed by atoms with Gasteiger partial charge in [0.2, 0.25) is 0 Å². The topological polar surface area (TPSA) is 98.9 Å². The molecule has 0 bridgehead atoms. The van der Waals surface area contributed by atoms with Crippen LogP contribution in [-0.2, 0) is 0 Å². The zero-order valence-corrected chi connectivity index (χ0v) is 19.7. The molecule has 0 saturated heterocycles. The highest BCUT2D eigenvalue weighted by Crippen LogP contribution is 2.35. The highest BCUT2D eigenvalue weighted by molar-refractivity contribution is 6.35. The van der Waals surface area contributed by atoms with Crippen LogP contribution in [0.25, 0.3) is 10.9 Å². The van der Waals surface area contributed by atoms with Crippen molar-refractivity contribution in [1.29, 1.82) is 0 Å². The van der Waals surface area contributed by atoms with Crippen molar-refractivity contribution in [3.8, 4) is 0 Å². The van der Waals surface area contributed by atoms with Gasteiger partial charge in [-0.05, 0) is 41.5 Å². The van der Waals surface area contributed by atoms with Crippen LogP contribution in [0.1, 0.15) is 27.4 Å². The third-order valence-electron chi connectivity index (χ3n) is 5.42. The molecular formula is C25H23Cl2N5O2. The number of benzene rings is 2. The lowest BCUT2D eigenvalue weighted by Crippen LogP contribution is -2.41. The molecule has 2 aromatic carbocycles. The number of para-hydroxylation sites is 1. The third-order valence-corrected chi connectivity index (χ3v) is 5.98. The minimum absolute atomic E-state index is 0.197. The van der Waals surface area contributed by atoms with Crippen LogP contribution in [0.15, 0.2) is 73.2 Å². The molecule has 7 nitrogen and oxygen atoms in total. The minimum atomic E-state index is -0.342. The number of halogens is 2. The first-order chi connectivity index (χ1) is 16.5. The van der Waals surface area contributed by atoms with Crippen LogP contribution < -0.4 is 16.0 Å². The van der Waals surface area contributed by atoms with Gasteiger partial charge in [-0.15, -0.1) is 0 Å². The molecule has 9 heteroatoms. The number of fused-ring (bicyclic) bond motifs is 1. The number of nitrogens with zero attached hydrogens (tertiary/aromatic N) is 1. The number of hydrogen-bond acceptors (Lipinski definition) is 3. The maximum Gasteiger partial charge on any atom is 0.314 e. The zero-order valence-electron chi connectivity index (χ0n) is 18.1. The number of rotatable bonds is 8. The summed E-state index contributed by atoms with van der Waals surface area (Å²) in [7, 11) is 0. The quantitative estimate of drug-likeness (QED) is 0.266. The molecule has 0 saturated carbocycles. The predicted octanol–water partition coefficient (Wildman–Crippen LogP) is 4.73. The molecule has 2 aromatic heterocycles. The van der Waals surface area contributed by atoms with Crippen molar-refractivity contribution in [2.75, 3.05) is 19.6 Å². The summed E-state index contributed by atoms with van der Waals surface area (Å²) in [5, 5.41) is 10.6. The Kier molecular flexibility index (Phi) is 7.67. The Morgan fingerprint density at radius 1 is 0.941 bits per heavy atom. The van der Waals surface area contributed by atoms with Crippen LogP contribution in [0.4, 0.5) is 4.79 Å². The Hall–Kier alpha value is -3.55. The second kappa shape index (κ2) is 11.0. The standard InChI is InChI=1S/C25H23Cl2N5O2/c26-17-7-8-18(22(27)12-17)20(21-14-31-23-6-2-1-5-19(21)23)15-32-25(34)30-11-10-29-24(33)16-4-3-9-28-13-16/h1-9,12-14,20,31H,10-11,15H2,(H,29,33)(H2,30,32,34). The molecule has 34 heavy (non-hydrogen) atoms. The Bertz CT molecular complexity index is 1290. The normalized spacial score (nSPS) is 11.7. The number of amides is 3. The largest absolute Gasteiger partial charge is 0.361 e. The van der Waals surface area contributed by atoms with Crippen molar-refractivity contribution in [2.45, 2.75) is 5.92 Å². The van der Waals surface area contributed by atoms with Crippen LogP contribution in [0.2, 0.25) is 10.0 Å². The van der Waals surface area contributed by atoms with Gasteiger partial charge in [-0.25, -0.2) is 4.79 Å². The molecule has 0 radical (unpaired) electrons. The molecule has 1 unspecified atom stereocenters. The van der Waals surface area contributed by atoms with E-state index in [1.165, 1.54) is 6.20 Å². The van der Waals surface area contributed by atoms with Gasteiger partial charge in [0, 0.05) is 65.1 Å². The lowest BCUT2D eigenvalue weighted by molar-refractivity contribution is 0.0953. The minimum Gasteiger partial charge on any atom is -0.361 e. The lowest BCUT2D eigenvalue weighted by atomic mass is 9.91. The Labute approximate surface area is 206 Å². The van der Waals surface area contributed by atoms with Crippen molar-refractivity contribution >= 4 is 46.0 Å². The van der Waals surface area contributed by atoms with Crippen LogP contribution in [0.5, 0.6) is 0 Å². The van der Waals surface area contributed by atoms with E-state index in [4.69, 9.17) is 23.2 Å². The zero-order chi connectivity index (χ0) is 23.9. The summed E-state index contributed by atoms with van der Waals surface area (Å²) >= 11 is 12.6. The van der Waals surface area contributed by atoms with Gasteiger partial charge in [-0.3, -0.25) is 9.78 Å². The maximum absolute atomic E-state index is 12.5. The second-order valence-electron chi connectivity index (χ2n) is 7.64. The molecule has 0 aliphatic carbocycles. The second-order valence-corrected chi connectivity index (χ2v) is 8.49. The third kappa shape index (κ3) is 5.68. The molecule has 3 amide bonds. The van der Waals surface area contributed by atoms with Crippen LogP contribution in [-0.4, -0.2) is 41.5 Å². The van der Waals surface area contributed by atoms with E-state index >= 15 is 0 Å². The van der Waals surface area contributed by atoms with Crippen molar-refractivity contribution in [2.24, 2.45) is 0 Å². The average Bonchev–Trinajstić information content (AvgIpc) is 3.27. The van der Waals surface area contributed by atoms with E-state index in [1.807, 2.05) is 36.5 Å². The molecule has 4 rings (SSSR count). The molecule has 1 atom stereocenters. The fraction of sp³-hybridized carbons (Fsp3) is 0.160. The number of aromatic nitrogens is 2. The van der Waals surface area contributed by atoms with Crippen LogP contribution >= 0.6 is 23.2 Å². The Balaban J connectivity index is 1.39. The molecule has 174 valence electrons. The Morgan fingerprint density at radius 2 is 1.76 bits per heavy atom. The number of urea groups is 1. The summed E-state index contributed by atoms with van der Waals surface area (Å²) < 4.78 is 0. The van der Waals surface area contributed by atoms with Gasteiger partial charge in [0.15, 0.2) is 0 Å². The smallest absolute Gasteiger partial charge is 0.314 e. The van der Waals surface area contributed by atoms with E-state index in [2.05, 4.69) is 25.9 Å². The average molecular weight is 496 g/mol. The monoisotopic (exact) mass is 495 g/mol. The Morgan fingerprint density at radius 3 is 2.56 bits per heavy atom. The van der Waals surface area contributed by atoms with Crippen LogP contribution in [0, 0.1) is 0 Å². The number of nitrogens with one attached hydrogen (secondary N) is 4. The summed E-state index contributed by atoms with van der Waals surface area (Å²) in [6.45, 7) is 0.879. The van der Waals surface area contributed by atoms with E-state index in [0.717, 1.165) is 22.0 Å². The number of H-pyrrole nitrogens is 1. The fourth-order valence-corrected chi connectivity index (χ4v) is 4.30. The fourth-order valence-electron chi connectivity index (χ4n) is 3.76. The van der Waals surface area contributed by atoms with E-state index < -0.39 is 0 Å². The number of pyridine rings is 1. The number of carbonyl (C=O) groups is 2. The van der Waals surface area contributed by atoms with Crippen molar-refractivity contribution in [1.82, 2.24) is 25.9 Å². The van der Waals surface area contributed by atoms with Crippen molar-refractivity contribution in [3.05, 3.63) is 99.9 Å². The van der Waals surface area contributed by atoms with Gasteiger partial charge in [0.05, 0.1) is 5.56 Å². The van der Waals surface area contributed by atoms with Crippen LogP contribution in [0.3, 0.4) is 0 Å². The molecule has 2 heterocycles. The summed E-state index contributed by atoms with van der Waals surface area (Å²) in [6, 6.07) is 16.4. The van der Waals surface area contributed by atoms with Crippen molar-refractivity contribution in [3.63, 3.8) is 0 Å². The van der Waals surface area contributed by atoms with E-state index in [-0.39, 0.29) is 30.9 Å². The maximum atomic E-state index is 12.5. The molecule has 4 N–H and O–H groups in total. The van der Waals surface area contributed by atoms with Gasteiger partial charge in [-0.1, -0.05) is 47.5 Å². The highest BCUT2D eigenvalue weighted by atomic mass is 35.5. The summed E-state index contributed by atoms with van der Waals surface area (Å²) in [5.74, 6) is -0.441. The molecule has 4 aromatic rings. The number of hydrogen-bond donors (Lipinski definition) is 4.